The van der Waals surface area contributed by atoms with Crippen LogP contribution in [0.3, 0.4) is 0 Å². The molecule has 1 aromatic rings. The van der Waals surface area contributed by atoms with Gasteiger partial charge >= 0.3 is 5.97 Å². The Morgan fingerprint density at radius 1 is 1.50 bits per heavy atom. The smallest absolute Gasteiger partial charge is 0.323 e. The molecular weight excluding hydrogens is 208 g/mol. The zero-order chi connectivity index (χ0) is 12.0. The maximum absolute atomic E-state index is 11.7. The second kappa shape index (κ2) is 5.85. The molecule has 0 atom stereocenters. The van der Waals surface area contributed by atoms with E-state index in [0.29, 0.717) is 6.54 Å². The Kier molecular flexibility index (Phi) is 4.44. The van der Waals surface area contributed by atoms with Gasteiger partial charge in [0.1, 0.15) is 6.54 Å². The van der Waals surface area contributed by atoms with Gasteiger partial charge in [0.05, 0.1) is 6.42 Å². The van der Waals surface area contributed by atoms with E-state index < -0.39 is 5.97 Å². The standard InChI is InChI=1S/C11H14N2O3/c1-2-13(8-11(15)16)10(14)6-9-4-3-5-12-7-9/h3-5,7H,2,6,8H2,1H3,(H,15,16). The third-order valence-corrected chi connectivity index (χ3v) is 2.14. The second-order valence-electron chi connectivity index (χ2n) is 3.34. The lowest BCUT2D eigenvalue weighted by molar-refractivity contribution is -0.144. The van der Waals surface area contributed by atoms with Gasteiger partial charge in [-0.2, -0.15) is 0 Å². The quantitative estimate of drug-likeness (QED) is 0.790. The number of rotatable bonds is 5. The van der Waals surface area contributed by atoms with Crippen LogP contribution in [-0.4, -0.2) is 40.0 Å². The van der Waals surface area contributed by atoms with Crippen LogP contribution >= 0.6 is 0 Å². The number of likely N-dealkylation sites (N-methyl/N-ethyl adjacent to an activating group) is 1. The Hall–Kier alpha value is -1.91. The molecule has 1 heterocycles. The first-order valence-corrected chi connectivity index (χ1v) is 5.02. The minimum atomic E-state index is -0.999. The molecule has 5 heteroatoms. The van der Waals surface area contributed by atoms with Crippen molar-refractivity contribution >= 4 is 11.9 Å². The van der Waals surface area contributed by atoms with E-state index >= 15 is 0 Å². The van der Waals surface area contributed by atoms with Crippen LogP contribution in [0.4, 0.5) is 0 Å². The summed E-state index contributed by atoms with van der Waals surface area (Å²) < 4.78 is 0. The minimum absolute atomic E-state index is 0.189. The molecule has 1 N–H and O–H groups in total. The summed E-state index contributed by atoms with van der Waals surface area (Å²) in [5.74, 6) is -1.20. The van der Waals surface area contributed by atoms with E-state index in [0.717, 1.165) is 5.56 Å². The number of aliphatic carboxylic acids is 1. The van der Waals surface area contributed by atoms with Crippen molar-refractivity contribution in [3.8, 4) is 0 Å². The molecule has 1 amide bonds. The van der Waals surface area contributed by atoms with Crippen molar-refractivity contribution in [2.24, 2.45) is 0 Å². The predicted molar refractivity (Wildman–Crippen MR) is 57.8 cm³/mol. The molecule has 0 saturated carbocycles. The van der Waals surface area contributed by atoms with Crippen LogP contribution in [0.5, 0.6) is 0 Å². The van der Waals surface area contributed by atoms with Gasteiger partial charge in [0, 0.05) is 18.9 Å². The fourth-order valence-corrected chi connectivity index (χ4v) is 1.33. The molecule has 0 aliphatic heterocycles. The summed E-state index contributed by atoms with van der Waals surface area (Å²) >= 11 is 0. The number of carbonyl (C=O) groups excluding carboxylic acids is 1. The van der Waals surface area contributed by atoms with E-state index in [4.69, 9.17) is 5.11 Å². The van der Waals surface area contributed by atoms with Gasteiger partial charge < -0.3 is 10.0 Å². The Labute approximate surface area is 93.7 Å². The number of hydrogen-bond acceptors (Lipinski definition) is 3. The fraction of sp³-hybridized carbons (Fsp3) is 0.364. The van der Waals surface area contributed by atoms with E-state index in [2.05, 4.69) is 4.98 Å². The molecule has 0 unspecified atom stereocenters. The van der Waals surface area contributed by atoms with Gasteiger partial charge in [-0.05, 0) is 18.6 Å². The molecule has 1 rings (SSSR count). The Bertz CT molecular complexity index is 365. The maximum Gasteiger partial charge on any atom is 0.323 e. The highest BCUT2D eigenvalue weighted by atomic mass is 16.4. The molecule has 5 nitrogen and oxygen atoms in total. The topological polar surface area (TPSA) is 70.5 Å². The highest BCUT2D eigenvalue weighted by Gasteiger charge is 2.14. The Morgan fingerprint density at radius 2 is 2.25 bits per heavy atom. The summed E-state index contributed by atoms with van der Waals surface area (Å²) in [5, 5.41) is 8.62. The summed E-state index contributed by atoms with van der Waals surface area (Å²) in [5.41, 5.74) is 0.788. The maximum atomic E-state index is 11.7. The SMILES string of the molecule is CCN(CC(=O)O)C(=O)Cc1cccnc1. The third-order valence-electron chi connectivity index (χ3n) is 2.14. The average molecular weight is 222 g/mol. The number of carbonyl (C=O) groups is 2. The van der Waals surface area contributed by atoms with Crippen LogP contribution in [0.1, 0.15) is 12.5 Å². The van der Waals surface area contributed by atoms with Crippen LogP contribution in [0.25, 0.3) is 0 Å². The van der Waals surface area contributed by atoms with Gasteiger partial charge in [-0.3, -0.25) is 14.6 Å². The molecule has 0 fully saturated rings. The first-order chi connectivity index (χ1) is 7.63. The molecule has 86 valence electrons. The number of amides is 1. The summed E-state index contributed by atoms with van der Waals surface area (Å²) in [6.45, 7) is 1.89. The molecule has 0 aliphatic rings. The van der Waals surface area contributed by atoms with Crippen LogP contribution in [-0.2, 0) is 16.0 Å². The summed E-state index contributed by atoms with van der Waals surface area (Å²) in [7, 11) is 0. The summed E-state index contributed by atoms with van der Waals surface area (Å²) in [4.78, 5) is 27.4. The number of aromatic nitrogens is 1. The van der Waals surface area contributed by atoms with Crippen molar-refractivity contribution in [1.29, 1.82) is 0 Å². The van der Waals surface area contributed by atoms with E-state index in [1.54, 1.807) is 31.5 Å². The van der Waals surface area contributed by atoms with Crippen LogP contribution in [0.15, 0.2) is 24.5 Å². The van der Waals surface area contributed by atoms with Gasteiger partial charge in [-0.1, -0.05) is 6.07 Å². The lowest BCUT2D eigenvalue weighted by Gasteiger charge is -2.18. The van der Waals surface area contributed by atoms with Crippen molar-refractivity contribution in [2.45, 2.75) is 13.3 Å². The lowest BCUT2D eigenvalue weighted by Crippen LogP contribution is -2.36. The van der Waals surface area contributed by atoms with Crippen molar-refractivity contribution in [1.82, 2.24) is 9.88 Å². The third kappa shape index (κ3) is 3.68. The first kappa shape index (κ1) is 12.2. The van der Waals surface area contributed by atoms with Gasteiger partial charge in [-0.15, -0.1) is 0 Å². The predicted octanol–water partition coefficient (Wildman–Crippen LogP) is 0.557. The van der Waals surface area contributed by atoms with Gasteiger partial charge in [0.25, 0.3) is 0 Å². The van der Waals surface area contributed by atoms with Crippen molar-refractivity contribution in [3.05, 3.63) is 30.1 Å². The molecule has 0 aliphatic carbocycles. The van der Waals surface area contributed by atoms with Gasteiger partial charge in [-0.25, -0.2) is 0 Å². The molecular formula is C11H14N2O3. The first-order valence-electron chi connectivity index (χ1n) is 5.02. The zero-order valence-electron chi connectivity index (χ0n) is 9.09. The Morgan fingerprint density at radius 3 is 2.75 bits per heavy atom. The largest absolute Gasteiger partial charge is 0.480 e. The van der Waals surface area contributed by atoms with E-state index in [9.17, 15) is 9.59 Å². The van der Waals surface area contributed by atoms with Crippen LogP contribution in [0.2, 0.25) is 0 Å². The van der Waals surface area contributed by atoms with Crippen molar-refractivity contribution in [3.63, 3.8) is 0 Å². The molecule has 0 spiro atoms. The van der Waals surface area contributed by atoms with Crippen molar-refractivity contribution < 1.29 is 14.7 Å². The number of pyridine rings is 1. The van der Waals surface area contributed by atoms with Gasteiger partial charge in [0.2, 0.25) is 5.91 Å². The molecule has 16 heavy (non-hydrogen) atoms. The average Bonchev–Trinajstić information content (AvgIpc) is 2.26. The lowest BCUT2D eigenvalue weighted by atomic mass is 10.2. The number of carboxylic acids is 1. The second-order valence-corrected chi connectivity index (χ2v) is 3.34. The zero-order valence-corrected chi connectivity index (χ0v) is 9.09. The number of nitrogens with zero attached hydrogens (tertiary/aromatic N) is 2. The van der Waals surface area contributed by atoms with Crippen LogP contribution in [0, 0.1) is 0 Å². The minimum Gasteiger partial charge on any atom is -0.480 e. The molecule has 0 saturated heterocycles. The van der Waals surface area contributed by atoms with E-state index in [-0.39, 0.29) is 18.9 Å². The Balaban J connectivity index is 2.59. The van der Waals surface area contributed by atoms with E-state index in [1.165, 1.54) is 4.90 Å². The highest BCUT2D eigenvalue weighted by Crippen LogP contribution is 2.01. The highest BCUT2D eigenvalue weighted by molar-refractivity contribution is 5.82. The summed E-state index contributed by atoms with van der Waals surface area (Å²) in [6.07, 6.45) is 3.42. The normalized spacial score (nSPS) is 9.81. The molecule has 0 bridgehead atoms. The molecule has 0 radical (unpaired) electrons. The fourth-order valence-electron chi connectivity index (χ4n) is 1.33. The monoisotopic (exact) mass is 222 g/mol. The molecule has 0 aromatic carbocycles. The molecule has 1 aromatic heterocycles. The summed E-state index contributed by atoms with van der Waals surface area (Å²) in [6, 6.07) is 3.54. The van der Waals surface area contributed by atoms with E-state index in [1.807, 2.05) is 0 Å². The van der Waals surface area contributed by atoms with Gasteiger partial charge in [0.15, 0.2) is 0 Å². The number of hydrogen-bond donors (Lipinski definition) is 1. The van der Waals surface area contributed by atoms with Crippen molar-refractivity contribution in [2.75, 3.05) is 13.1 Å². The number of carboxylic acid groups (broad SMARTS) is 1. The van der Waals surface area contributed by atoms with Crippen LogP contribution < -0.4 is 0 Å².